The zero-order chi connectivity index (χ0) is 11.5. The van der Waals surface area contributed by atoms with Gasteiger partial charge < -0.3 is 5.11 Å². The number of carbonyl (C=O) groups is 1. The standard InChI is InChI=1S/C10H8FN3O2/c11-8-3-1-2-7(4-8)10-12-6-14(13-10)5-9(15)16/h1-4,6H,5H2,(H,15,16). The Morgan fingerprint density at radius 3 is 3.00 bits per heavy atom. The molecule has 16 heavy (non-hydrogen) atoms. The Morgan fingerprint density at radius 1 is 1.50 bits per heavy atom. The van der Waals surface area contributed by atoms with E-state index in [-0.39, 0.29) is 12.4 Å². The Balaban J connectivity index is 2.28. The van der Waals surface area contributed by atoms with Crippen LogP contribution < -0.4 is 0 Å². The molecule has 2 aromatic rings. The summed E-state index contributed by atoms with van der Waals surface area (Å²) in [7, 11) is 0. The van der Waals surface area contributed by atoms with Crippen molar-refractivity contribution in [3.63, 3.8) is 0 Å². The number of halogens is 1. The Hall–Kier alpha value is -2.24. The highest BCUT2D eigenvalue weighted by Gasteiger charge is 2.06. The first-order valence-corrected chi connectivity index (χ1v) is 4.52. The topological polar surface area (TPSA) is 68.0 Å². The molecule has 0 saturated heterocycles. The minimum Gasteiger partial charge on any atom is -0.480 e. The SMILES string of the molecule is O=C(O)Cn1cnc(-c2cccc(F)c2)n1. The number of rotatable bonds is 3. The molecule has 82 valence electrons. The molecular formula is C10H8FN3O2. The molecule has 0 saturated carbocycles. The van der Waals surface area contributed by atoms with Crippen LogP contribution in [0.3, 0.4) is 0 Å². The van der Waals surface area contributed by atoms with E-state index in [1.54, 1.807) is 12.1 Å². The largest absolute Gasteiger partial charge is 0.480 e. The van der Waals surface area contributed by atoms with Crippen molar-refractivity contribution in [3.05, 3.63) is 36.4 Å². The normalized spacial score (nSPS) is 10.3. The third-order valence-corrected chi connectivity index (χ3v) is 1.92. The Labute approximate surface area is 90.2 Å². The Bertz CT molecular complexity index is 524. The quantitative estimate of drug-likeness (QED) is 0.844. The molecule has 2 rings (SSSR count). The van der Waals surface area contributed by atoms with E-state index in [0.29, 0.717) is 11.4 Å². The number of hydrogen-bond donors (Lipinski definition) is 1. The molecule has 1 aromatic heterocycles. The third-order valence-electron chi connectivity index (χ3n) is 1.92. The number of aromatic nitrogens is 3. The number of benzene rings is 1. The summed E-state index contributed by atoms with van der Waals surface area (Å²) in [5.41, 5.74) is 0.518. The summed E-state index contributed by atoms with van der Waals surface area (Å²) in [6.07, 6.45) is 1.30. The number of carboxylic acids is 1. The fraction of sp³-hybridized carbons (Fsp3) is 0.100. The van der Waals surface area contributed by atoms with Gasteiger partial charge in [0.15, 0.2) is 5.82 Å². The number of hydrogen-bond acceptors (Lipinski definition) is 3. The summed E-state index contributed by atoms with van der Waals surface area (Å²) >= 11 is 0. The zero-order valence-corrected chi connectivity index (χ0v) is 8.17. The lowest BCUT2D eigenvalue weighted by atomic mass is 10.2. The van der Waals surface area contributed by atoms with E-state index in [1.165, 1.54) is 23.1 Å². The Kier molecular flexibility index (Phi) is 2.63. The summed E-state index contributed by atoms with van der Waals surface area (Å²) in [5.74, 6) is -1.08. The maximum absolute atomic E-state index is 12.9. The predicted octanol–water partition coefficient (Wildman–Crippen LogP) is 1.17. The van der Waals surface area contributed by atoms with Gasteiger partial charge in [-0.25, -0.2) is 14.1 Å². The molecule has 0 atom stereocenters. The van der Waals surface area contributed by atoms with E-state index in [4.69, 9.17) is 5.11 Å². The molecule has 0 aliphatic heterocycles. The average Bonchev–Trinajstić information content (AvgIpc) is 2.65. The van der Waals surface area contributed by atoms with Crippen LogP contribution in [0.4, 0.5) is 4.39 Å². The fourth-order valence-corrected chi connectivity index (χ4v) is 1.27. The van der Waals surface area contributed by atoms with Crippen LogP contribution in [-0.4, -0.2) is 25.8 Å². The van der Waals surface area contributed by atoms with Crippen LogP contribution in [0.25, 0.3) is 11.4 Å². The van der Waals surface area contributed by atoms with E-state index in [0.717, 1.165) is 0 Å². The van der Waals surface area contributed by atoms with Gasteiger partial charge in [-0.1, -0.05) is 12.1 Å². The fourth-order valence-electron chi connectivity index (χ4n) is 1.27. The van der Waals surface area contributed by atoms with Crippen molar-refractivity contribution in [2.24, 2.45) is 0 Å². The van der Waals surface area contributed by atoms with Gasteiger partial charge >= 0.3 is 5.97 Å². The monoisotopic (exact) mass is 221 g/mol. The average molecular weight is 221 g/mol. The van der Waals surface area contributed by atoms with Gasteiger partial charge in [0.25, 0.3) is 0 Å². The van der Waals surface area contributed by atoms with Crippen LogP contribution in [0, 0.1) is 5.82 Å². The van der Waals surface area contributed by atoms with Gasteiger partial charge in [0.1, 0.15) is 18.7 Å². The molecule has 5 nitrogen and oxygen atoms in total. The molecule has 1 aromatic carbocycles. The molecule has 0 unspecified atom stereocenters. The van der Waals surface area contributed by atoms with Gasteiger partial charge in [0, 0.05) is 5.56 Å². The van der Waals surface area contributed by atoms with Crippen LogP contribution >= 0.6 is 0 Å². The maximum Gasteiger partial charge on any atom is 0.325 e. The first-order chi connectivity index (χ1) is 7.65. The number of carboxylic acid groups (broad SMARTS) is 1. The lowest BCUT2D eigenvalue weighted by Crippen LogP contribution is -2.08. The molecule has 0 bridgehead atoms. The predicted molar refractivity (Wildman–Crippen MR) is 53.1 cm³/mol. The van der Waals surface area contributed by atoms with E-state index < -0.39 is 5.97 Å². The highest BCUT2D eigenvalue weighted by atomic mass is 19.1. The van der Waals surface area contributed by atoms with Gasteiger partial charge in [-0.15, -0.1) is 0 Å². The highest BCUT2D eigenvalue weighted by molar-refractivity contribution is 5.66. The van der Waals surface area contributed by atoms with Crippen LogP contribution in [0.15, 0.2) is 30.6 Å². The minimum absolute atomic E-state index is 0.262. The van der Waals surface area contributed by atoms with Crippen LogP contribution in [0.5, 0.6) is 0 Å². The second-order valence-electron chi connectivity index (χ2n) is 3.17. The Morgan fingerprint density at radius 2 is 2.31 bits per heavy atom. The summed E-state index contributed by atoms with van der Waals surface area (Å²) in [6, 6.07) is 5.81. The maximum atomic E-state index is 12.9. The molecule has 1 N–H and O–H groups in total. The molecule has 0 aliphatic carbocycles. The molecule has 1 heterocycles. The van der Waals surface area contributed by atoms with Crippen molar-refractivity contribution in [3.8, 4) is 11.4 Å². The van der Waals surface area contributed by atoms with Crippen LogP contribution in [0.1, 0.15) is 0 Å². The molecule has 0 spiro atoms. The number of aliphatic carboxylic acids is 1. The molecular weight excluding hydrogens is 213 g/mol. The van der Waals surface area contributed by atoms with Crippen molar-refractivity contribution < 1.29 is 14.3 Å². The molecule has 0 amide bonds. The minimum atomic E-state index is -1.00. The van der Waals surface area contributed by atoms with Gasteiger partial charge in [-0.05, 0) is 12.1 Å². The van der Waals surface area contributed by atoms with E-state index in [2.05, 4.69) is 10.1 Å². The number of nitrogens with zero attached hydrogens (tertiary/aromatic N) is 3. The third kappa shape index (κ3) is 2.22. The van der Waals surface area contributed by atoms with Crippen molar-refractivity contribution in [1.29, 1.82) is 0 Å². The first kappa shape index (κ1) is 10.3. The summed E-state index contributed by atoms with van der Waals surface area (Å²) in [4.78, 5) is 14.3. The highest BCUT2D eigenvalue weighted by Crippen LogP contribution is 2.14. The van der Waals surface area contributed by atoms with Gasteiger partial charge in [-0.2, -0.15) is 5.10 Å². The van der Waals surface area contributed by atoms with E-state index >= 15 is 0 Å². The van der Waals surface area contributed by atoms with Gasteiger partial charge in [-0.3, -0.25) is 4.79 Å². The lowest BCUT2D eigenvalue weighted by molar-refractivity contribution is -0.137. The molecule has 0 fully saturated rings. The van der Waals surface area contributed by atoms with Crippen molar-refractivity contribution in [2.45, 2.75) is 6.54 Å². The van der Waals surface area contributed by atoms with Crippen LogP contribution in [0.2, 0.25) is 0 Å². The molecule has 0 radical (unpaired) electrons. The van der Waals surface area contributed by atoms with Gasteiger partial charge in [0.2, 0.25) is 0 Å². The summed E-state index contributed by atoms with van der Waals surface area (Å²) in [6.45, 7) is -0.262. The van der Waals surface area contributed by atoms with E-state index in [9.17, 15) is 9.18 Å². The van der Waals surface area contributed by atoms with E-state index in [1.807, 2.05) is 0 Å². The first-order valence-electron chi connectivity index (χ1n) is 4.52. The lowest BCUT2D eigenvalue weighted by Gasteiger charge is -1.95. The van der Waals surface area contributed by atoms with Crippen LogP contribution in [-0.2, 0) is 11.3 Å². The van der Waals surface area contributed by atoms with Crippen molar-refractivity contribution in [2.75, 3.05) is 0 Å². The second-order valence-corrected chi connectivity index (χ2v) is 3.17. The van der Waals surface area contributed by atoms with Gasteiger partial charge in [0.05, 0.1) is 0 Å². The van der Waals surface area contributed by atoms with Crippen molar-refractivity contribution in [1.82, 2.24) is 14.8 Å². The summed E-state index contributed by atoms with van der Waals surface area (Å²) < 4.78 is 14.1. The molecule has 6 heteroatoms. The molecule has 0 aliphatic rings. The van der Waals surface area contributed by atoms with Crippen molar-refractivity contribution >= 4 is 5.97 Å². The second kappa shape index (κ2) is 4.09. The summed E-state index contributed by atoms with van der Waals surface area (Å²) in [5, 5.41) is 12.5. The zero-order valence-electron chi connectivity index (χ0n) is 8.17. The smallest absolute Gasteiger partial charge is 0.325 e.